The summed E-state index contributed by atoms with van der Waals surface area (Å²) in [5, 5.41) is 17.8. The molecule has 0 bridgehead atoms. The Morgan fingerprint density at radius 2 is 2.06 bits per heavy atom. The number of nitriles is 1. The van der Waals surface area contributed by atoms with E-state index in [0.717, 1.165) is 29.7 Å². The molecule has 8 nitrogen and oxygen atoms in total. The van der Waals surface area contributed by atoms with Gasteiger partial charge in [-0.3, -0.25) is 15.6 Å². The smallest absolute Gasteiger partial charge is 0.291 e. The van der Waals surface area contributed by atoms with E-state index in [-0.39, 0.29) is 0 Å². The summed E-state index contributed by atoms with van der Waals surface area (Å²) in [6.07, 6.45) is 10.0. The van der Waals surface area contributed by atoms with Gasteiger partial charge in [0.25, 0.3) is 0 Å². The summed E-state index contributed by atoms with van der Waals surface area (Å²) in [4.78, 5) is 29.6. The fraction of sp³-hybridized carbons (Fsp3) is 0.130. The zero-order valence-electron chi connectivity index (χ0n) is 16.7. The standard InChI is InChI=1S/C23H15N7OS/c1-2-19-28-18(11-32-19)29-22(31)30-21-16-6-5-14(10-17(16)26-13-27-21)15-4-3-9-25-20(15)23(12-24)7-8-23/h1,3-6,9-11,13H,7-8H2,(H2,26,27,29,30,31). The van der Waals surface area contributed by atoms with Gasteiger partial charge in [-0.15, -0.1) is 17.8 Å². The highest BCUT2D eigenvalue weighted by atomic mass is 32.1. The Balaban J connectivity index is 1.44. The summed E-state index contributed by atoms with van der Waals surface area (Å²) in [5.41, 5.74) is 2.76. The lowest BCUT2D eigenvalue weighted by atomic mass is 9.93. The molecule has 5 rings (SSSR count). The molecule has 2 N–H and O–H groups in total. The number of anilines is 2. The third kappa shape index (κ3) is 3.51. The first-order valence-corrected chi connectivity index (χ1v) is 10.6. The van der Waals surface area contributed by atoms with Gasteiger partial charge in [0.15, 0.2) is 5.01 Å². The Labute approximate surface area is 187 Å². The molecule has 3 heterocycles. The second-order valence-electron chi connectivity index (χ2n) is 7.31. The number of carbonyl (C=O) groups excluding carboxylic acids is 1. The number of carbonyl (C=O) groups is 1. The van der Waals surface area contributed by atoms with Gasteiger partial charge >= 0.3 is 6.03 Å². The number of rotatable bonds is 4. The SMILES string of the molecule is C#Cc1nc(NC(=O)Nc2ncnc3cc(-c4cccnc4C4(C#N)CC4)ccc23)cs1. The third-order valence-electron chi connectivity index (χ3n) is 5.27. The maximum absolute atomic E-state index is 12.4. The fourth-order valence-electron chi connectivity index (χ4n) is 3.52. The van der Waals surface area contributed by atoms with E-state index in [1.807, 2.05) is 30.3 Å². The first-order chi connectivity index (χ1) is 15.6. The molecule has 32 heavy (non-hydrogen) atoms. The molecule has 2 amide bonds. The van der Waals surface area contributed by atoms with Crippen LogP contribution in [0.1, 0.15) is 23.5 Å². The minimum atomic E-state index is -0.503. The highest BCUT2D eigenvalue weighted by Crippen LogP contribution is 2.49. The van der Waals surface area contributed by atoms with Crippen LogP contribution in [0.5, 0.6) is 0 Å². The van der Waals surface area contributed by atoms with E-state index in [1.54, 1.807) is 11.6 Å². The number of terminal acetylenes is 1. The lowest BCUT2D eigenvalue weighted by molar-refractivity contribution is 0.262. The predicted molar refractivity (Wildman–Crippen MR) is 122 cm³/mol. The van der Waals surface area contributed by atoms with E-state index in [9.17, 15) is 10.1 Å². The van der Waals surface area contributed by atoms with Gasteiger partial charge < -0.3 is 0 Å². The van der Waals surface area contributed by atoms with Crippen LogP contribution in [0, 0.1) is 23.7 Å². The minimum Gasteiger partial charge on any atom is -0.291 e. The molecule has 1 aliphatic rings. The summed E-state index contributed by atoms with van der Waals surface area (Å²) in [6.45, 7) is 0. The first-order valence-electron chi connectivity index (χ1n) is 9.74. The van der Waals surface area contributed by atoms with Gasteiger partial charge in [0.2, 0.25) is 0 Å². The van der Waals surface area contributed by atoms with Gasteiger partial charge in [0, 0.05) is 22.5 Å². The number of hydrogen-bond acceptors (Lipinski definition) is 7. The topological polar surface area (TPSA) is 116 Å². The van der Waals surface area contributed by atoms with E-state index in [1.165, 1.54) is 17.7 Å². The van der Waals surface area contributed by atoms with E-state index in [4.69, 9.17) is 6.42 Å². The molecule has 1 aromatic carbocycles. The molecule has 1 aliphatic carbocycles. The molecule has 0 saturated heterocycles. The number of thiazole rings is 1. The van der Waals surface area contributed by atoms with Crippen LogP contribution in [0.2, 0.25) is 0 Å². The van der Waals surface area contributed by atoms with E-state index >= 15 is 0 Å². The molecular weight excluding hydrogens is 422 g/mol. The lowest BCUT2D eigenvalue weighted by Crippen LogP contribution is -2.20. The Hall–Kier alpha value is -4.34. The number of aromatic nitrogens is 4. The number of nitrogens with one attached hydrogen (secondary N) is 2. The van der Waals surface area contributed by atoms with Crippen molar-refractivity contribution >= 4 is 39.9 Å². The number of fused-ring (bicyclic) bond motifs is 1. The van der Waals surface area contributed by atoms with Crippen LogP contribution in [0.4, 0.5) is 16.4 Å². The highest BCUT2D eigenvalue weighted by molar-refractivity contribution is 7.10. The summed E-state index contributed by atoms with van der Waals surface area (Å²) in [7, 11) is 0. The molecule has 9 heteroatoms. The second kappa shape index (κ2) is 7.73. The number of urea groups is 1. The van der Waals surface area contributed by atoms with E-state index < -0.39 is 11.4 Å². The zero-order chi connectivity index (χ0) is 22.1. The number of benzene rings is 1. The van der Waals surface area contributed by atoms with Gasteiger partial charge in [-0.2, -0.15) is 5.26 Å². The molecule has 3 aromatic heterocycles. The monoisotopic (exact) mass is 437 g/mol. The average molecular weight is 437 g/mol. The molecule has 154 valence electrons. The summed E-state index contributed by atoms with van der Waals surface area (Å²) < 4.78 is 0. The molecule has 0 radical (unpaired) electrons. The molecular formula is C23H15N7OS. The average Bonchev–Trinajstić information content (AvgIpc) is 3.50. The molecule has 0 unspecified atom stereocenters. The van der Waals surface area contributed by atoms with E-state index in [2.05, 4.69) is 42.6 Å². The largest absolute Gasteiger partial charge is 0.326 e. The van der Waals surface area contributed by atoms with Crippen LogP contribution >= 0.6 is 11.3 Å². The Morgan fingerprint density at radius 1 is 1.19 bits per heavy atom. The fourth-order valence-corrected chi connectivity index (χ4v) is 4.08. The zero-order valence-corrected chi connectivity index (χ0v) is 17.5. The van der Waals surface area contributed by atoms with Gasteiger partial charge in [-0.1, -0.05) is 12.1 Å². The molecule has 1 saturated carbocycles. The number of hydrogen-bond donors (Lipinski definition) is 2. The third-order valence-corrected chi connectivity index (χ3v) is 6.05. The van der Waals surface area contributed by atoms with Crippen LogP contribution in [0.15, 0.2) is 48.2 Å². The maximum Gasteiger partial charge on any atom is 0.326 e. The first kappa shape index (κ1) is 19.6. The molecule has 0 spiro atoms. The van der Waals surface area contributed by atoms with Crippen molar-refractivity contribution in [1.29, 1.82) is 5.26 Å². The maximum atomic E-state index is 12.4. The molecule has 0 aliphatic heterocycles. The number of pyridine rings is 1. The Bertz CT molecular complexity index is 1440. The van der Waals surface area contributed by atoms with Crippen molar-refractivity contribution in [2.24, 2.45) is 0 Å². The van der Waals surface area contributed by atoms with Crippen LogP contribution in [-0.4, -0.2) is 26.0 Å². The van der Waals surface area contributed by atoms with Crippen molar-refractivity contribution in [3.05, 3.63) is 58.9 Å². The number of amides is 2. The van der Waals surface area contributed by atoms with Crippen molar-refractivity contribution in [3.8, 4) is 29.5 Å². The highest BCUT2D eigenvalue weighted by Gasteiger charge is 2.47. The number of nitrogens with zero attached hydrogens (tertiary/aromatic N) is 5. The van der Waals surface area contributed by atoms with Crippen molar-refractivity contribution in [2.75, 3.05) is 10.6 Å². The van der Waals surface area contributed by atoms with Gasteiger partial charge in [-0.25, -0.2) is 19.7 Å². The quantitative estimate of drug-likeness (QED) is 0.459. The summed E-state index contributed by atoms with van der Waals surface area (Å²) in [5.74, 6) is 3.17. The van der Waals surface area contributed by atoms with Crippen LogP contribution in [-0.2, 0) is 5.41 Å². The van der Waals surface area contributed by atoms with Crippen molar-refractivity contribution in [2.45, 2.75) is 18.3 Å². The minimum absolute atomic E-state index is 0.369. The molecule has 0 atom stereocenters. The summed E-state index contributed by atoms with van der Waals surface area (Å²) in [6, 6.07) is 11.4. The van der Waals surface area contributed by atoms with Crippen molar-refractivity contribution < 1.29 is 4.79 Å². The normalized spacial score (nSPS) is 13.7. The van der Waals surface area contributed by atoms with Crippen LogP contribution < -0.4 is 10.6 Å². The lowest BCUT2D eigenvalue weighted by Gasteiger charge is -2.13. The second-order valence-corrected chi connectivity index (χ2v) is 8.17. The van der Waals surface area contributed by atoms with Crippen LogP contribution in [0.3, 0.4) is 0 Å². The Morgan fingerprint density at radius 3 is 2.81 bits per heavy atom. The van der Waals surface area contributed by atoms with Gasteiger partial charge in [-0.05, 0) is 42.5 Å². The molecule has 4 aromatic rings. The van der Waals surface area contributed by atoms with E-state index in [0.29, 0.717) is 27.5 Å². The summed E-state index contributed by atoms with van der Waals surface area (Å²) >= 11 is 1.27. The van der Waals surface area contributed by atoms with Gasteiger partial charge in [0.05, 0.1) is 17.3 Å². The molecule has 1 fully saturated rings. The van der Waals surface area contributed by atoms with Crippen LogP contribution in [0.25, 0.3) is 22.0 Å². The van der Waals surface area contributed by atoms with Crippen molar-refractivity contribution in [3.63, 3.8) is 0 Å². The Kier molecular flexibility index (Phi) is 4.74. The van der Waals surface area contributed by atoms with Crippen molar-refractivity contribution in [1.82, 2.24) is 19.9 Å². The predicted octanol–water partition coefficient (Wildman–Crippen LogP) is 4.33. The van der Waals surface area contributed by atoms with Gasteiger partial charge in [0.1, 0.15) is 23.4 Å².